The average Bonchev–Trinajstić information content (AvgIpc) is 2.75. The van der Waals surface area contributed by atoms with E-state index in [4.69, 9.17) is 9.47 Å². The minimum absolute atomic E-state index is 0.0875. The molecule has 1 aromatic carbocycles. The predicted octanol–water partition coefficient (Wildman–Crippen LogP) is 1.78. The number of nitro groups is 1. The van der Waals surface area contributed by atoms with Crippen LogP contribution in [0.5, 0.6) is 0 Å². The first-order valence-electron chi connectivity index (χ1n) is 10.2. The molecule has 0 amide bonds. The highest BCUT2D eigenvalue weighted by Crippen LogP contribution is 2.12. The molecule has 29 heavy (non-hydrogen) atoms. The van der Waals surface area contributed by atoms with E-state index >= 15 is 0 Å². The molecular weight excluding hydrogens is 374 g/mol. The van der Waals surface area contributed by atoms with Crippen molar-refractivity contribution in [2.24, 2.45) is 4.99 Å². The van der Waals surface area contributed by atoms with Crippen LogP contribution in [0.4, 0.5) is 5.69 Å². The van der Waals surface area contributed by atoms with Crippen LogP contribution in [0.15, 0.2) is 29.3 Å². The molecule has 0 aliphatic carbocycles. The van der Waals surface area contributed by atoms with Crippen molar-refractivity contribution >= 4 is 11.6 Å². The van der Waals surface area contributed by atoms with E-state index in [1.807, 2.05) is 6.92 Å². The Morgan fingerprint density at radius 2 is 2.03 bits per heavy atom. The fraction of sp³-hybridized carbons (Fsp3) is 0.650. The van der Waals surface area contributed by atoms with Crippen LogP contribution in [0, 0.1) is 10.1 Å². The predicted molar refractivity (Wildman–Crippen MR) is 113 cm³/mol. The number of rotatable bonds is 11. The Kier molecular flexibility index (Phi) is 10.4. The number of nitrogens with one attached hydrogen (secondary N) is 2. The van der Waals surface area contributed by atoms with Gasteiger partial charge in [0.15, 0.2) is 5.96 Å². The van der Waals surface area contributed by atoms with Crippen LogP contribution in [0.25, 0.3) is 0 Å². The van der Waals surface area contributed by atoms with Gasteiger partial charge in [-0.1, -0.05) is 12.1 Å². The van der Waals surface area contributed by atoms with Crippen molar-refractivity contribution in [3.8, 4) is 0 Å². The molecule has 9 heteroatoms. The van der Waals surface area contributed by atoms with Gasteiger partial charge in [-0.2, -0.15) is 0 Å². The molecular formula is C20H33N5O4. The number of guanidine groups is 1. The molecule has 1 unspecified atom stereocenters. The van der Waals surface area contributed by atoms with Crippen LogP contribution >= 0.6 is 0 Å². The first-order chi connectivity index (χ1) is 14.1. The minimum atomic E-state index is -0.396. The van der Waals surface area contributed by atoms with Gasteiger partial charge in [0.05, 0.1) is 24.7 Å². The third-order valence-electron chi connectivity index (χ3n) is 4.76. The Balaban J connectivity index is 1.89. The molecule has 1 aliphatic heterocycles. The zero-order valence-electron chi connectivity index (χ0n) is 17.4. The smallest absolute Gasteiger partial charge is 0.269 e. The fourth-order valence-corrected chi connectivity index (χ4v) is 2.98. The Labute approximate surface area is 172 Å². The van der Waals surface area contributed by atoms with E-state index in [1.165, 1.54) is 12.1 Å². The van der Waals surface area contributed by atoms with Crippen molar-refractivity contribution in [3.63, 3.8) is 0 Å². The van der Waals surface area contributed by atoms with E-state index in [-0.39, 0.29) is 5.69 Å². The maximum absolute atomic E-state index is 10.8. The van der Waals surface area contributed by atoms with E-state index in [0.29, 0.717) is 19.2 Å². The van der Waals surface area contributed by atoms with Gasteiger partial charge in [-0.25, -0.2) is 4.99 Å². The number of nitro benzene ring substituents is 1. The second-order valence-corrected chi connectivity index (χ2v) is 6.94. The van der Waals surface area contributed by atoms with Gasteiger partial charge in [-0.15, -0.1) is 0 Å². The summed E-state index contributed by atoms with van der Waals surface area (Å²) >= 11 is 0. The molecule has 0 aromatic heterocycles. The average molecular weight is 408 g/mol. The van der Waals surface area contributed by atoms with Crippen molar-refractivity contribution in [2.75, 3.05) is 52.6 Å². The summed E-state index contributed by atoms with van der Waals surface area (Å²) in [5, 5.41) is 17.5. The lowest BCUT2D eigenvalue weighted by atomic mass is 10.2. The summed E-state index contributed by atoms with van der Waals surface area (Å²) in [5.74, 6) is 0.736. The summed E-state index contributed by atoms with van der Waals surface area (Å²) in [6.45, 7) is 11.0. The molecule has 1 saturated heterocycles. The number of nitrogens with zero attached hydrogens (tertiary/aromatic N) is 3. The Hall–Kier alpha value is -2.23. The number of hydrogen-bond acceptors (Lipinski definition) is 6. The normalized spacial score (nSPS) is 16.4. The summed E-state index contributed by atoms with van der Waals surface area (Å²) in [4.78, 5) is 17.4. The first kappa shape index (κ1) is 23.1. The molecule has 162 valence electrons. The Morgan fingerprint density at radius 3 is 2.69 bits per heavy atom. The van der Waals surface area contributed by atoms with Gasteiger partial charge in [0.1, 0.15) is 0 Å². The molecule has 9 nitrogen and oxygen atoms in total. The van der Waals surface area contributed by atoms with E-state index < -0.39 is 4.92 Å². The minimum Gasteiger partial charge on any atom is -0.382 e. The third-order valence-corrected chi connectivity index (χ3v) is 4.76. The second-order valence-electron chi connectivity index (χ2n) is 6.94. The SMILES string of the molecule is CCOCCCNC(=NCc1ccc([N+](=O)[O-])cc1)NCC(C)N1CCOCC1. The summed E-state index contributed by atoms with van der Waals surface area (Å²) in [6.07, 6.45) is 0.894. The number of ether oxygens (including phenoxy) is 2. The van der Waals surface area contributed by atoms with Gasteiger partial charge in [-0.3, -0.25) is 15.0 Å². The maximum Gasteiger partial charge on any atom is 0.269 e. The standard InChI is InChI=1S/C20H33N5O4/c1-3-28-12-4-9-21-20(22-15-17(2)24-10-13-29-14-11-24)23-16-18-5-7-19(8-6-18)25(26)27/h5-8,17H,3-4,9-16H2,1-2H3,(H2,21,22,23). The lowest BCUT2D eigenvalue weighted by Crippen LogP contribution is -2.49. The zero-order chi connectivity index (χ0) is 20.9. The van der Waals surface area contributed by atoms with Gasteiger partial charge >= 0.3 is 0 Å². The van der Waals surface area contributed by atoms with Crippen molar-refractivity contribution in [2.45, 2.75) is 32.9 Å². The number of aliphatic imine (C=N–C) groups is 1. The van der Waals surface area contributed by atoms with Crippen LogP contribution in [0.3, 0.4) is 0 Å². The van der Waals surface area contributed by atoms with Gasteiger partial charge in [0, 0.05) is 57.6 Å². The third kappa shape index (κ3) is 8.76. The van der Waals surface area contributed by atoms with E-state index in [0.717, 1.165) is 63.9 Å². The van der Waals surface area contributed by atoms with Gasteiger partial charge < -0.3 is 20.1 Å². The molecule has 1 aliphatic rings. The molecule has 0 bridgehead atoms. The molecule has 1 heterocycles. The largest absolute Gasteiger partial charge is 0.382 e. The van der Waals surface area contributed by atoms with Crippen LogP contribution in [0.1, 0.15) is 25.8 Å². The van der Waals surface area contributed by atoms with Crippen LogP contribution in [0.2, 0.25) is 0 Å². The summed E-state index contributed by atoms with van der Waals surface area (Å²) in [6, 6.07) is 6.87. The van der Waals surface area contributed by atoms with E-state index in [9.17, 15) is 10.1 Å². The highest BCUT2D eigenvalue weighted by molar-refractivity contribution is 5.79. The van der Waals surface area contributed by atoms with Crippen LogP contribution < -0.4 is 10.6 Å². The first-order valence-corrected chi connectivity index (χ1v) is 10.2. The summed E-state index contributed by atoms with van der Waals surface area (Å²) in [5.41, 5.74) is 1.01. The van der Waals surface area contributed by atoms with Crippen LogP contribution in [-0.2, 0) is 16.0 Å². The van der Waals surface area contributed by atoms with Gasteiger partial charge in [0.2, 0.25) is 0 Å². The van der Waals surface area contributed by atoms with Gasteiger partial charge in [-0.05, 0) is 25.8 Å². The fourth-order valence-electron chi connectivity index (χ4n) is 2.98. The highest BCUT2D eigenvalue weighted by Gasteiger charge is 2.17. The monoisotopic (exact) mass is 407 g/mol. The molecule has 1 aromatic rings. The molecule has 1 atom stereocenters. The molecule has 1 fully saturated rings. The summed E-state index contributed by atoms with van der Waals surface area (Å²) < 4.78 is 10.8. The van der Waals surface area contributed by atoms with E-state index in [2.05, 4.69) is 27.4 Å². The molecule has 0 radical (unpaired) electrons. The summed E-state index contributed by atoms with van der Waals surface area (Å²) in [7, 11) is 0. The zero-order valence-corrected chi connectivity index (χ0v) is 17.4. The molecule has 0 spiro atoms. The Bertz CT molecular complexity index is 632. The number of benzene rings is 1. The second kappa shape index (κ2) is 13.1. The number of morpholine rings is 1. The molecule has 2 N–H and O–H groups in total. The number of non-ortho nitro benzene ring substituents is 1. The van der Waals surface area contributed by atoms with Crippen LogP contribution in [-0.4, -0.2) is 74.4 Å². The van der Waals surface area contributed by atoms with Crippen molar-refractivity contribution in [1.82, 2.24) is 15.5 Å². The van der Waals surface area contributed by atoms with Crippen molar-refractivity contribution in [3.05, 3.63) is 39.9 Å². The van der Waals surface area contributed by atoms with Crippen molar-refractivity contribution < 1.29 is 14.4 Å². The molecule has 2 rings (SSSR count). The Morgan fingerprint density at radius 1 is 1.31 bits per heavy atom. The highest BCUT2D eigenvalue weighted by atomic mass is 16.6. The topological polar surface area (TPSA) is 101 Å². The van der Waals surface area contributed by atoms with E-state index in [1.54, 1.807) is 12.1 Å². The van der Waals surface area contributed by atoms with Gasteiger partial charge in [0.25, 0.3) is 5.69 Å². The molecule has 0 saturated carbocycles. The quantitative estimate of drug-likeness (QED) is 0.190. The lowest BCUT2D eigenvalue weighted by molar-refractivity contribution is -0.384. The lowest BCUT2D eigenvalue weighted by Gasteiger charge is -2.32. The van der Waals surface area contributed by atoms with Crippen molar-refractivity contribution in [1.29, 1.82) is 0 Å². The number of hydrogen-bond donors (Lipinski definition) is 2. The maximum atomic E-state index is 10.8.